The third kappa shape index (κ3) is 5.80. The number of hydrogen-bond donors (Lipinski definition) is 3. The lowest BCUT2D eigenvalue weighted by Gasteiger charge is -2.32. The van der Waals surface area contributed by atoms with Crippen molar-refractivity contribution in [2.24, 2.45) is 11.8 Å². The Labute approximate surface area is 261 Å². The molecule has 2 unspecified atom stereocenters. The molecule has 2 atom stereocenters. The van der Waals surface area contributed by atoms with Crippen LogP contribution in [0.2, 0.25) is 0 Å². The summed E-state index contributed by atoms with van der Waals surface area (Å²) in [6, 6.07) is 15.7. The molecule has 10 nitrogen and oxygen atoms in total. The molecule has 0 radical (unpaired) electrons. The molecule has 3 aromatic rings. The number of anilines is 2. The van der Waals surface area contributed by atoms with Gasteiger partial charge in [-0.1, -0.05) is 61.4 Å². The van der Waals surface area contributed by atoms with Gasteiger partial charge in [-0.2, -0.15) is 5.10 Å². The minimum absolute atomic E-state index is 0.0526. The molecule has 0 saturated heterocycles. The average Bonchev–Trinajstić information content (AvgIpc) is 3.77. The van der Waals surface area contributed by atoms with Crippen LogP contribution in [-0.2, 0) is 19.2 Å². The number of carbonyl (C=O) groups is 4. The molecule has 0 spiro atoms. The summed E-state index contributed by atoms with van der Waals surface area (Å²) >= 11 is 0. The van der Waals surface area contributed by atoms with Gasteiger partial charge < -0.3 is 20.4 Å². The predicted octanol–water partition coefficient (Wildman–Crippen LogP) is 4.75. The number of amides is 4. The predicted molar refractivity (Wildman–Crippen MR) is 171 cm³/mol. The zero-order valence-corrected chi connectivity index (χ0v) is 24.9. The Bertz CT molecular complexity index is 1540. The van der Waals surface area contributed by atoms with Crippen molar-refractivity contribution in [2.45, 2.75) is 50.6 Å². The molecule has 0 bridgehead atoms. The Kier molecular flexibility index (Phi) is 7.79. The zero-order chi connectivity index (χ0) is 30.9. The van der Waals surface area contributed by atoms with Crippen molar-refractivity contribution in [1.29, 1.82) is 0 Å². The first-order chi connectivity index (χ1) is 21.9. The van der Waals surface area contributed by atoms with Crippen molar-refractivity contribution >= 4 is 35.0 Å². The van der Waals surface area contributed by atoms with E-state index in [1.807, 2.05) is 66.7 Å². The number of nitrogens with zero attached hydrogens (tertiary/aromatic N) is 3. The normalized spacial score (nSPS) is 21.0. The molecule has 2 aliphatic heterocycles. The lowest BCUT2D eigenvalue weighted by atomic mass is 9.84. The van der Waals surface area contributed by atoms with Crippen LogP contribution in [0.15, 0.2) is 78.9 Å². The minimum Gasteiger partial charge on any atom is -0.324 e. The summed E-state index contributed by atoms with van der Waals surface area (Å²) in [6.07, 6.45) is 13.1. The molecule has 4 amide bonds. The van der Waals surface area contributed by atoms with Crippen LogP contribution in [0.25, 0.3) is 22.5 Å². The zero-order valence-electron chi connectivity index (χ0n) is 24.9. The highest BCUT2D eigenvalue weighted by Crippen LogP contribution is 2.32. The fraction of sp³-hybridized carbons (Fsp3) is 0.343. The summed E-state index contributed by atoms with van der Waals surface area (Å²) in [5.41, 5.74) is 4.66. The van der Waals surface area contributed by atoms with Crippen LogP contribution in [0, 0.1) is 11.8 Å². The lowest BCUT2D eigenvalue weighted by Crippen LogP contribution is -2.47. The van der Waals surface area contributed by atoms with Crippen LogP contribution in [-0.4, -0.2) is 68.8 Å². The topological polar surface area (TPSA) is 128 Å². The van der Waals surface area contributed by atoms with Crippen LogP contribution < -0.4 is 10.6 Å². The number of hydrogen-bond acceptors (Lipinski definition) is 5. The summed E-state index contributed by atoms with van der Waals surface area (Å²) < 4.78 is 0. The highest BCUT2D eigenvalue weighted by molar-refractivity contribution is 6.00. The van der Waals surface area contributed by atoms with E-state index in [1.165, 1.54) is 0 Å². The minimum atomic E-state index is -0.582. The molecule has 1 aromatic heterocycles. The average molecular weight is 605 g/mol. The van der Waals surface area contributed by atoms with Crippen LogP contribution in [0.3, 0.4) is 0 Å². The van der Waals surface area contributed by atoms with Crippen LogP contribution in [0.5, 0.6) is 0 Å². The van der Waals surface area contributed by atoms with E-state index >= 15 is 0 Å². The molecular formula is C35H36N6O4. The van der Waals surface area contributed by atoms with Gasteiger partial charge in [-0.05, 0) is 61.6 Å². The molecule has 4 aliphatic rings. The standard InChI is InChI=1S/C35H36N6O4/c42-32(30-9-3-19-40(30)34(44)24-5-1-6-24)36-26-15-11-22(12-16-26)28-21-29(39-38-28)23-13-17-27(18-14-23)37-33(43)31-10-4-20-41(31)35(45)25-7-2-8-25/h3-4,9-18,21,24-25,30-31H,1-2,5-8,19-20H2,(H,36,42)(H,37,43)(H,38,39). The number of aromatic nitrogens is 2. The summed E-state index contributed by atoms with van der Waals surface area (Å²) in [4.78, 5) is 54.8. The van der Waals surface area contributed by atoms with Crippen molar-refractivity contribution < 1.29 is 19.2 Å². The largest absolute Gasteiger partial charge is 0.324 e. The van der Waals surface area contributed by atoms with Crippen molar-refractivity contribution in [3.63, 3.8) is 0 Å². The van der Waals surface area contributed by atoms with Gasteiger partial charge in [0.2, 0.25) is 11.8 Å². The van der Waals surface area contributed by atoms with Gasteiger partial charge in [0.25, 0.3) is 11.8 Å². The van der Waals surface area contributed by atoms with E-state index in [4.69, 9.17) is 0 Å². The van der Waals surface area contributed by atoms with Gasteiger partial charge in [-0.15, -0.1) is 0 Å². The second-order valence-corrected chi connectivity index (χ2v) is 12.3. The van der Waals surface area contributed by atoms with Crippen LogP contribution in [0.1, 0.15) is 38.5 Å². The summed E-state index contributed by atoms with van der Waals surface area (Å²) in [6.45, 7) is 0.954. The third-order valence-electron chi connectivity index (χ3n) is 9.41. The highest BCUT2D eigenvalue weighted by Gasteiger charge is 2.37. The SMILES string of the molecule is O=C(Nc1ccc(-c2cc(-c3ccc(NC(=O)C4C=CCN4C(=O)C4CCC4)cc3)[nH]n2)cc1)C1C=CCN1C(=O)C1CCC1. The fourth-order valence-corrected chi connectivity index (χ4v) is 6.24. The maximum absolute atomic E-state index is 13.0. The summed E-state index contributed by atoms with van der Waals surface area (Å²) in [5.74, 6) is -0.187. The van der Waals surface area contributed by atoms with E-state index < -0.39 is 12.1 Å². The molecule has 7 rings (SSSR count). The van der Waals surface area contributed by atoms with E-state index in [9.17, 15) is 19.2 Å². The van der Waals surface area contributed by atoms with Crippen molar-refractivity contribution in [3.05, 3.63) is 78.9 Å². The second-order valence-electron chi connectivity index (χ2n) is 12.3. The van der Waals surface area contributed by atoms with Gasteiger partial charge in [-0.25, -0.2) is 0 Å². The van der Waals surface area contributed by atoms with Crippen molar-refractivity contribution in [1.82, 2.24) is 20.0 Å². The fourth-order valence-electron chi connectivity index (χ4n) is 6.24. The number of aromatic amines is 1. The van der Waals surface area contributed by atoms with E-state index in [0.717, 1.165) is 61.0 Å². The van der Waals surface area contributed by atoms with Gasteiger partial charge in [0, 0.05) is 41.9 Å². The molecule has 230 valence electrons. The first kappa shape index (κ1) is 28.8. The Morgan fingerprint density at radius 1 is 0.667 bits per heavy atom. The number of nitrogens with one attached hydrogen (secondary N) is 3. The van der Waals surface area contributed by atoms with E-state index in [-0.39, 0.29) is 35.5 Å². The third-order valence-corrected chi connectivity index (χ3v) is 9.41. The Hall–Kier alpha value is -4.99. The molecule has 2 aromatic carbocycles. The number of rotatable bonds is 8. The van der Waals surface area contributed by atoms with E-state index in [0.29, 0.717) is 24.5 Å². The molecule has 2 saturated carbocycles. The summed E-state index contributed by atoms with van der Waals surface area (Å²) in [7, 11) is 0. The van der Waals surface area contributed by atoms with Crippen molar-refractivity contribution in [3.8, 4) is 22.5 Å². The Morgan fingerprint density at radius 2 is 1.13 bits per heavy atom. The van der Waals surface area contributed by atoms with E-state index in [2.05, 4.69) is 20.8 Å². The maximum Gasteiger partial charge on any atom is 0.251 e. The van der Waals surface area contributed by atoms with Gasteiger partial charge >= 0.3 is 0 Å². The lowest BCUT2D eigenvalue weighted by molar-refractivity contribution is -0.141. The summed E-state index contributed by atoms with van der Waals surface area (Å²) in [5, 5.41) is 13.4. The van der Waals surface area contributed by atoms with Gasteiger partial charge in [0.1, 0.15) is 12.1 Å². The van der Waals surface area contributed by atoms with E-state index in [1.54, 1.807) is 22.0 Å². The van der Waals surface area contributed by atoms with Crippen LogP contribution in [0.4, 0.5) is 11.4 Å². The molecule has 3 N–H and O–H groups in total. The Balaban J connectivity index is 0.948. The molecule has 2 aliphatic carbocycles. The van der Waals surface area contributed by atoms with Gasteiger partial charge in [0.05, 0.1) is 11.4 Å². The molecule has 10 heteroatoms. The Morgan fingerprint density at radius 3 is 1.58 bits per heavy atom. The number of carbonyl (C=O) groups excluding carboxylic acids is 4. The maximum atomic E-state index is 13.0. The molecular weight excluding hydrogens is 568 g/mol. The molecule has 3 heterocycles. The first-order valence-electron chi connectivity index (χ1n) is 15.8. The number of benzene rings is 2. The molecule has 2 fully saturated rings. The van der Waals surface area contributed by atoms with Gasteiger partial charge in [-0.3, -0.25) is 24.3 Å². The number of H-pyrrole nitrogens is 1. The second kappa shape index (κ2) is 12.2. The van der Waals surface area contributed by atoms with Gasteiger partial charge in [0.15, 0.2) is 0 Å². The first-order valence-corrected chi connectivity index (χ1v) is 15.8. The monoisotopic (exact) mass is 604 g/mol. The smallest absolute Gasteiger partial charge is 0.251 e. The quantitative estimate of drug-likeness (QED) is 0.320. The van der Waals surface area contributed by atoms with Crippen LogP contribution >= 0.6 is 0 Å². The van der Waals surface area contributed by atoms with Crippen molar-refractivity contribution in [2.75, 3.05) is 23.7 Å². The molecule has 45 heavy (non-hydrogen) atoms. The highest BCUT2D eigenvalue weighted by atomic mass is 16.2.